The minimum Gasteiger partial charge on any atom is -0.490 e. The third kappa shape index (κ3) is 2.94. The van der Waals surface area contributed by atoms with E-state index < -0.39 is 5.97 Å². The van der Waals surface area contributed by atoms with Crippen LogP contribution in [0.1, 0.15) is 29.6 Å². The monoisotopic (exact) mass is 291 g/mol. The van der Waals surface area contributed by atoms with Gasteiger partial charge in [0.1, 0.15) is 0 Å². The van der Waals surface area contributed by atoms with E-state index in [-0.39, 0.29) is 17.9 Å². The van der Waals surface area contributed by atoms with Gasteiger partial charge in [-0.1, -0.05) is 0 Å². The Morgan fingerprint density at radius 2 is 1.86 bits per heavy atom. The zero-order valence-corrected chi connectivity index (χ0v) is 11.5. The number of carbonyl (C=O) groups excluding carboxylic acids is 1. The molecule has 3 rings (SSSR count). The third-order valence-corrected chi connectivity index (χ3v) is 3.83. The normalized spacial score (nSPS) is 23.6. The van der Waals surface area contributed by atoms with Crippen molar-refractivity contribution in [1.29, 1.82) is 0 Å². The van der Waals surface area contributed by atoms with Crippen molar-refractivity contribution in [3.05, 3.63) is 23.8 Å². The summed E-state index contributed by atoms with van der Waals surface area (Å²) < 4.78 is 11.1. The van der Waals surface area contributed by atoms with Gasteiger partial charge < -0.3 is 19.9 Å². The summed E-state index contributed by atoms with van der Waals surface area (Å²) in [4.78, 5) is 22.9. The Bertz CT molecular complexity index is 565. The molecule has 1 aliphatic heterocycles. The van der Waals surface area contributed by atoms with Crippen molar-refractivity contribution in [2.75, 3.05) is 13.2 Å². The van der Waals surface area contributed by atoms with Crippen LogP contribution >= 0.6 is 0 Å². The van der Waals surface area contributed by atoms with Crippen molar-refractivity contribution >= 4 is 11.9 Å². The van der Waals surface area contributed by atoms with E-state index in [0.29, 0.717) is 43.1 Å². The summed E-state index contributed by atoms with van der Waals surface area (Å²) in [5.74, 6) is -0.106. The second-order valence-electron chi connectivity index (χ2n) is 5.39. The van der Waals surface area contributed by atoms with E-state index in [4.69, 9.17) is 14.6 Å². The van der Waals surface area contributed by atoms with Gasteiger partial charge in [-0.15, -0.1) is 0 Å². The summed E-state index contributed by atoms with van der Waals surface area (Å²) in [6, 6.07) is 5.03. The minimum absolute atomic E-state index is 0.0606. The molecule has 1 heterocycles. The third-order valence-electron chi connectivity index (χ3n) is 3.83. The van der Waals surface area contributed by atoms with E-state index in [9.17, 15) is 9.59 Å². The molecule has 0 unspecified atom stereocenters. The number of carboxylic acids is 1. The maximum absolute atomic E-state index is 12.1. The van der Waals surface area contributed by atoms with Crippen LogP contribution in [0.15, 0.2) is 18.2 Å². The summed E-state index contributed by atoms with van der Waals surface area (Å²) in [6.45, 7) is 1.18. The first-order chi connectivity index (χ1) is 10.1. The van der Waals surface area contributed by atoms with Crippen molar-refractivity contribution in [2.45, 2.75) is 25.3 Å². The lowest BCUT2D eigenvalue weighted by Gasteiger charge is -2.32. The van der Waals surface area contributed by atoms with E-state index in [1.807, 2.05) is 0 Å². The molecule has 0 atom stereocenters. The predicted octanol–water partition coefficient (Wildman–Crippen LogP) is 1.44. The van der Waals surface area contributed by atoms with Gasteiger partial charge in [0.05, 0.1) is 19.1 Å². The molecular weight excluding hydrogens is 274 g/mol. The molecule has 0 radical (unpaired) electrons. The molecule has 1 saturated carbocycles. The van der Waals surface area contributed by atoms with Crippen molar-refractivity contribution < 1.29 is 24.2 Å². The SMILES string of the molecule is O=C(NC1CC(C(=O)O)C1)c1ccc2c(c1)OCCCO2. The molecule has 0 aromatic heterocycles. The summed E-state index contributed by atoms with van der Waals surface area (Å²) >= 11 is 0. The van der Waals surface area contributed by atoms with Crippen molar-refractivity contribution in [3.63, 3.8) is 0 Å². The number of benzene rings is 1. The Labute approximate surface area is 122 Å². The van der Waals surface area contributed by atoms with Crippen molar-refractivity contribution in [2.24, 2.45) is 5.92 Å². The fourth-order valence-electron chi connectivity index (χ4n) is 2.51. The predicted molar refractivity (Wildman–Crippen MR) is 73.7 cm³/mol. The fourth-order valence-corrected chi connectivity index (χ4v) is 2.51. The summed E-state index contributed by atoms with van der Waals surface area (Å²) in [5.41, 5.74) is 0.498. The largest absolute Gasteiger partial charge is 0.490 e. The zero-order valence-electron chi connectivity index (χ0n) is 11.5. The van der Waals surface area contributed by atoms with E-state index in [1.54, 1.807) is 18.2 Å². The number of aliphatic carboxylic acids is 1. The highest BCUT2D eigenvalue weighted by molar-refractivity contribution is 5.95. The lowest BCUT2D eigenvalue weighted by Crippen LogP contribution is -2.46. The first kappa shape index (κ1) is 13.7. The van der Waals surface area contributed by atoms with Crippen LogP contribution in [0.5, 0.6) is 11.5 Å². The maximum Gasteiger partial charge on any atom is 0.306 e. The highest BCUT2D eigenvalue weighted by Gasteiger charge is 2.35. The Kier molecular flexibility index (Phi) is 3.68. The number of hydrogen-bond donors (Lipinski definition) is 2. The van der Waals surface area contributed by atoms with Crippen molar-refractivity contribution in [3.8, 4) is 11.5 Å². The molecule has 6 nitrogen and oxygen atoms in total. The average Bonchev–Trinajstić information content (AvgIpc) is 2.65. The standard InChI is InChI=1S/C15H17NO5/c17-14(16-11-6-10(7-11)15(18)19)9-2-3-12-13(8-9)21-5-1-4-20-12/h2-3,8,10-11H,1,4-7H2,(H,16,17)(H,18,19). The molecule has 0 spiro atoms. The van der Waals surface area contributed by atoms with Gasteiger partial charge >= 0.3 is 5.97 Å². The molecule has 0 bridgehead atoms. The molecule has 0 saturated heterocycles. The van der Waals surface area contributed by atoms with Crippen LogP contribution in [0.4, 0.5) is 0 Å². The smallest absolute Gasteiger partial charge is 0.306 e. The molecule has 1 aliphatic carbocycles. The highest BCUT2D eigenvalue weighted by Crippen LogP contribution is 2.31. The zero-order chi connectivity index (χ0) is 14.8. The second kappa shape index (κ2) is 5.63. The molecule has 2 aliphatic rings. The van der Waals surface area contributed by atoms with E-state index in [0.717, 1.165) is 6.42 Å². The van der Waals surface area contributed by atoms with Gasteiger partial charge in [0, 0.05) is 18.0 Å². The number of amides is 1. The lowest BCUT2D eigenvalue weighted by molar-refractivity contribution is -0.145. The molecule has 1 fully saturated rings. The van der Waals surface area contributed by atoms with Crippen LogP contribution in [0, 0.1) is 5.92 Å². The Balaban J connectivity index is 1.63. The first-order valence-electron chi connectivity index (χ1n) is 7.07. The van der Waals surface area contributed by atoms with Crippen LogP contribution in [0.2, 0.25) is 0 Å². The van der Waals surface area contributed by atoms with Gasteiger partial charge in [-0.05, 0) is 31.0 Å². The Morgan fingerprint density at radius 1 is 1.14 bits per heavy atom. The van der Waals surface area contributed by atoms with Gasteiger partial charge in [-0.3, -0.25) is 9.59 Å². The number of carboxylic acid groups (broad SMARTS) is 1. The first-order valence-corrected chi connectivity index (χ1v) is 7.07. The fraction of sp³-hybridized carbons (Fsp3) is 0.467. The van der Waals surface area contributed by atoms with E-state index >= 15 is 0 Å². The van der Waals surface area contributed by atoms with E-state index in [2.05, 4.69) is 5.32 Å². The number of fused-ring (bicyclic) bond motifs is 1. The quantitative estimate of drug-likeness (QED) is 0.880. The van der Waals surface area contributed by atoms with Gasteiger partial charge in [0.2, 0.25) is 0 Å². The van der Waals surface area contributed by atoms with Crippen molar-refractivity contribution in [1.82, 2.24) is 5.32 Å². The molecular formula is C15H17NO5. The molecule has 1 aromatic rings. The number of hydrogen-bond acceptors (Lipinski definition) is 4. The molecule has 21 heavy (non-hydrogen) atoms. The molecule has 1 amide bonds. The molecule has 2 N–H and O–H groups in total. The highest BCUT2D eigenvalue weighted by atomic mass is 16.5. The molecule has 112 valence electrons. The number of carbonyl (C=O) groups is 2. The van der Waals surface area contributed by atoms with E-state index in [1.165, 1.54) is 0 Å². The van der Waals surface area contributed by atoms with Crippen LogP contribution < -0.4 is 14.8 Å². The lowest BCUT2D eigenvalue weighted by atomic mass is 9.80. The average molecular weight is 291 g/mol. The van der Waals surface area contributed by atoms with Crippen LogP contribution in [-0.4, -0.2) is 36.2 Å². The Morgan fingerprint density at radius 3 is 2.57 bits per heavy atom. The van der Waals surface area contributed by atoms with Crippen LogP contribution in [0.25, 0.3) is 0 Å². The van der Waals surface area contributed by atoms with Crippen LogP contribution in [-0.2, 0) is 4.79 Å². The van der Waals surface area contributed by atoms with Gasteiger partial charge in [0.15, 0.2) is 11.5 Å². The summed E-state index contributed by atoms with van der Waals surface area (Å²) in [5, 5.41) is 11.7. The molecule has 6 heteroatoms. The summed E-state index contributed by atoms with van der Waals surface area (Å²) in [6.07, 6.45) is 1.80. The van der Waals surface area contributed by atoms with Gasteiger partial charge in [-0.2, -0.15) is 0 Å². The number of ether oxygens (including phenoxy) is 2. The maximum atomic E-state index is 12.1. The molecule has 1 aromatic carbocycles. The van der Waals surface area contributed by atoms with Gasteiger partial charge in [0.25, 0.3) is 5.91 Å². The number of nitrogens with one attached hydrogen (secondary N) is 1. The topological polar surface area (TPSA) is 84.9 Å². The van der Waals surface area contributed by atoms with Gasteiger partial charge in [-0.25, -0.2) is 0 Å². The minimum atomic E-state index is -0.795. The Hall–Kier alpha value is -2.24. The second-order valence-corrected chi connectivity index (χ2v) is 5.39. The summed E-state index contributed by atoms with van der Waals surface area (Å²) in [7, 11) is 0. The number of rotatable bonds is 3. The van der Waals surface area contributed by atoms with Crippen LogP contribution in [0.3, 0.4) is 0 Å².